The molecule has 0 aliphatic carbocycles. The molecule has 0 unspecified atom stereocenters. The Balaban J connectivity index is 2.60. The van der Waals surface area contributed by atoms with Crippen molar-refractivity contribution in [3.8, 4) is 11.1 Å². The van der Waals surface area contributed by atoms with Crippen molar-refractivity contribution in [1.29, 1.82) is 0 Å². The van der Waals surface area contributed by atoms with Crippen LogP contribution in [0.4, 0.5) is 11.4 Å². The molecule has 0 atom stereocenters. The molecule has 5 nitrogen and oxygen atoms in total. The summed E-state index contributed by atoms with van der Waals surface area (Å²) in [6.07, 6.45) is 2.47. The van der Waals surface area contributed by atoms with Gasteiger partial charge in [0.05, 0.1) is 6.26 Å². The first-order valence-electron chi connectivity index (χ1n) is 6.55. The van der Waals surface area contributed by atoms with Crippen LogP contribution < -0.4 is 11.5 Å². The van der Waals surface area contributed by atoms with Gasteiger partial charge in [0.2, 0.25) is 0 Å². The van der Waals surface area contributed by atoms with Crippen molar-refractivity contribution in [3.05, 3.63) is 35.3 Å². The summed E-state index contributed by atoms with van der Waals surface area (Å²) in [6, 6.07) is 3.69. The lowest BCUT2D eigenvalue weighted by Crippen LogP contribution is -2.09. The zero-order valence-corrected chi connectivity index (χ0v) is 11.5. The number of aliphatic hydroxyl groups excluding tert-OH is 2. The van der Waals surface area contributed by atoms with Crippen LogP contribution in [0, 0.1) is 6.92 Å². The Hall–Kier alpha value is -1.98. The highest BCUT2D eigenvalue weighted by Crippen LogP contribution is 2.36. The third kappa shape index (κ3) is 2.64. The number of hydrogen-bond acceptors (Lipinski definition) is 5. The van der Waals surface area contributed by atoms with E-state index in [9.17, 15) is 5.11 Å². The summed E-state index contributed by atoms with van der Waals surface area (Å²) in [7, 11) is 0. The Labute approximate surface area is 117 Å². The van der Waals surface area contributed by atoms with Crippen molar-refractivity contribution in [3.63, 3.8) is 0 Å². The minimum Gasteiger partial charge on any atom is -0.469 e. The smallest absolute Gasteiger partial charge is 0.101 e. The number of anilines is 2. The van der Waals surface area contributed by atoms with Crippen molar-refractivity contribution in [2.75, 3.05) is 24.7 Å². The van der Waals surface area contributed by atoms with E-state index in [0.717, 1.165) is 28.0 Å². The fourth-order valence-corrected chi connectivity index (χ4v) is 2.45. The molecule has 1 aromatic carbocycles. The van der Waals surface area contributed by atoms with Gasteiger partial charge in [-0.05, 0) is 43.0 Å². The molecule has 0 aliphatic heterocycles. The molecule has 0 fully saturated rings. The van der Waals surface area contributed by atoms with E-state index in [1.54, 1.807) is 12.3 Å². The second-order valence-electron chi connectivity index (χ2n) is 4.78. The second kappa shape index (κ2) is 5.98. The predicted molar refractivity (Wildman–Crippen MR) is 79.3 cm³/mol. The summed E-state index contributed by atoms with van der Waals surface area (Å²) in [5, 5.41) is 18.4. The highest BCUT2D eigenvalue weighted by molar-refractivity contribution is 5.83. The zero-order valence-electron chi connectivity index (χ0n) is 11.5. The highest BCUT2D eigenvalue weighted by atomic mass is 16.3. The fraction of sp³-hybridized carbons (Fsp3) is 0.333. The fourth-order valence-electron chi connectivity index (χ4n) is 2.45. The van der Waals surface area contributed by atoms with Crippen LogP contribution in [-0.2, 0) is 12.8 Å². The average molecular weight is 276 g/mol. The third-order valence-electron chi connectivity index (χ3n) is 3.39. The van der Waals surface area contributed by atoms with Crippen LogP contribution in [0.25, 0.3) is 11.1 Å². The van der Waals surface area contributed by atoms with Crippen LogP contribution in [0.1, 0.15) is 16.9 Å². The molecule has 1 heterocycles. The first kappa shape index (κ1) is 14.4. The Kier molecular flexibility index (Phi) is 4.32. The van der Waals surface area contributed by atoms with Crippen LogP contribution in [-0.4, -0.2) is 23.4 Å². The Morgan fingerprint density at radius 3 is 2.25 bits per heavy atom. The molecule has 108 valence electrons. The van der Waals surface area contributed by atoms with Crippen molar-refractivity contribution in [1.82, 2.24) is 0 Å². The summed E-state index contributed by atoms with van der Waals surface area (Å²) in [4.78, 5) is 0. The molecule has 5 heteroatoms. The molecular weight excluding hydrogens is 256 g/mol. The first-order valence-corrected chi connectivity index (χ1v) is 6.55. The molecule has 2 rings (SSSR count). The Morgan fingerprint density at radius 1 is 1.05 bits per heavy atom. The van der Waals surface area contributed by atoms with Gasteiger partial charge < -0.3 is 26.1 Å². The van der Waals surface area contributed by atoms with Gasteiger partial charge in [-0.25, -0.2) is 0 Å². The zero-order chi connectivity index (χ0) is 14.7. The van der Waals surface area contributed by atoms with Crippen LogP contribution >= 0.6 is 0 Å². The van der Waals surface area contributed by atoms with Gasteiger partial charge >= 0.3 is 0 Å². The predicted octanol–water partition coefficient (Wildman–Crippen LogP) is 1.49. The van der Waals surface area contributed by atoms with Gasteiger partial charge in [0, 0.05) is 35.7 Å². The number of benzene rings is 1. The number of hydrogen-bond donors (Lipinski definition) is 4. The van der Waals surface area contributed by atoms with Crippen molar-refractivity contribution >= 4 is 11.4 Å². The van der Waals surface area contributed by atoms with Crippen LogP contribution in [0.3, 0.4) is 0 Å². The van der Waals surface area contributed by atoms with Crippen molar-refractivity contribution in [2.45, 2.75) is 19.8 Å². The van der Waals surface area contributed by atoms with Crippen LogP contribution in [0.2, 0.25) is 0 Å². The molecular formula is C15H20N2O3. The largest absolute Gasteiger partial charge is 0.469 e. The molecule has 1 aromatic heterocycles. The quantitative estimate of drug-likeness (QED) is 0.619. The van der Waals surface area contributed by atoms with E-state index in [4.69, 9.17) is 21.0 Å². The number of nitrogen functional groups attached to an aromatic ring is 2. The maximum atomic E-state index is 9.22. The molecule has 2 aromatic rings. The first-order chi connectivity index (χ1) is 9.58. The minimum atomic E-state index is -0.0179. The number of aliphatic hydroxyl groups is 2. The molecule has 6 N–H and O–H groups in total. The maximum Gasteiger partial charge on any atom is 0.101 e. The van der Waals surface area contributed by atoms with E-state index in [1.165, 1.54) is 0 Å². The summed E-state index contributed by atoms with van der Waals surface area (Å²) >= 11 is 0. The Bertz CT molecular complexity index is 605. The third-order valence-corrected chi connectivity index (χ3v) is 3.39. The lowest BCUT2D eigenvalue weighted by atomic mass is 9.92. The van der Waals surface area contributed by atoms with Crippen molar-refractivity contribution in [2.24, 2.45) is 0 Å². The standard InChI is InChI=1S/C15H20N2O3/c1-9-6-10(8-20-9)13-7-14(16)11(2-4-18)12(3-5-19)15(13)17/h6-8,18-19H,2-5,16-17H2,1H3. The summed E-state index contributed by atoms with van der Waals surface area (Å²) in [6.45, 7) is 1.83. The maximum absolute atomic E-state index is 9.22. The number of rotatable bonds is 5. The van der Waals surface area contributed by atoms with Gasteiger partial charge in [-0.3, -0.25) is 0 Å². The van der Waals surface area contributed by atoms with E-state index in [1.807, 2.05) is 13.0 Å². The van der Waals surface area contributed by atoms with Gasteiger partial charge in [-0.2, -0.15) is 0 Å². The van der Waals surface area contributed by atoms with E-state index in [2.05, 4.69) is 0 Å². The summed E-state index contributed by atoms with van der Waals surface area (Å²) in [5.41, 5.74) is 16.7. The van der Waals surface area contributed by atoms with Crippen LogP contribution in [0.15, 0.2) is 22.8 Å². The average Bonchev–Trinajstić information content (AvgIpc) is 2.84. The SMILES string of the molecule is Cc1cc(-c2cc(N)c(CCO)c(CCO)c2N)co1. The topological polar surface area (TPSA) is 106 Å². The van der Waals surface area contributed by atoms with Gasteiger partial charge in [-0.1, -0.05) is 0 Å². The van der Waals surface area contributed by atoms with Crippen LogP contribution in [0.5, 0.6) is 0 Å². The second-order valence-corrected chi connectivity index (χ2v) is 4.78. The summed E-state index contributed by atoms with van der Waals surface area (Å²) in [5.74, 6) is 0.793. The lowest BCUT2D eigenvalue weighted by Gasteiger charge is -2.17. The van der Waals surface area contributed by atoms with E-state index < -0.39 is 0 Å². The number of nitrogens with two attached hydrogens (primary N) is 2. The van der Waals surface area contributed by atoms with Gasteiger partial charge in [0.25, 0.3) is 0 Å². The van der Waals surface area contributed by atoms with Gasteiger partial charge in [0.1, 0.15) is 5.76 Å². The summed E-state index contributed by atoms with van der Waals surface area (Å²) < 4.78 is 5.31. The number of aryl methyl sites for hydroxylation is 1. The molecule has 0 radical (unpaired) electrons. The van der Waals surface area contributed by atoms with E-state index in [0.29, 0.717) is 24.2 Å². The Morgan fingerprint density at radius 2 is 1.70 bits per heavy atom. The molecule has 0 saturated carbocycles. The molecule has 0 bridgehead atoms. The van der Waals surface area contributed by atoms with Crippen molar-refractivity contribution < 1.29 is 14.6 Å². The van der Waals surface area contributed by atoms with E-state index in [-0.39, 0.29) is 13.2 Å². The number of furan rings is 1. The molecule has 0 aliphatic rings. The molecule has 0 spiro atoms. The monoisotopic (exact) mass is 276 g/mol. The van der Waals surface area contributed by atoms with Gasteiger partial charge in [-0.15, -0.1) is 0 Å². The molecule has 0 saturated heterocycles. The molecule has 20 heavy (non-hydrogen) atoms. The van der Waals surface area contributed by atoms with E-state index >= 15 is 0 Å². The highest BCUT2D eigenvalue weighted by Gasteiger charge is 2.16. The van der Waals surface area contributed by atoms with Gasteiger partial charge in [0.15, 0.2) is 0 Å². The normalized spacial score (nSPS) is 10.9. The lowest BCUT2D eigenvalue weighted by molar-refractivity contribution is 0.293. The minimum absolute atomic E-state index is 0.00770. The molecule has 0 amide bonds.